The Labute approximate surface area is 177 Å². The molecule has 1 amide bonds. The SMILES string of the molecule is COc1ccc(CCNc2ncnc3c2CN(C2CCCNC2)C(=O)CN3C)cc1. The summed E-state index contributed by atoms with van der Waals surface area (Å²) in [4.78, 5) is 25.9. The summed E-state index contributed by atoms with van der Waals surface area (Å²) < 4.78 is 5.22. The van der Waals surface area contributed by atoms with Gasteiger partial charge in [0.15, 0.2) is 0 Å². The van der Waals surface area contributed by atoms with Crippen molar-refractivity contribution in [1.82, 2.24) is 20.2 Å². The average molecular weight is 411 g/mol. The molecule has 1 aromatic heterocycles. The molecule has 0 bridgehead atoms. The van der Waals surface area contributed by atoms with Crippen LogP contribution in [0, 0.1) is 0 Å². The molecule has 2 aliphatic heterocycles. The van der Waals surface area contributed by atoms with Crippen molar-refractivity contribution in [3.05, 3.63) is 41.7 Å². The number of hydrogen-bond acceptors (Lipinski definition) is 7. The lowest BCUT2D eigenvalue weighted by molar-refractivity contribution is -0.132. The second-order valence-corrected chi connectivity index (χ2v) is 7.93. The molecule has 8 nitrogen and oxygen atoms in total. The van der Waals surface area contributed by atoms with Gasteiger partial charge in [-0.2, -0.15) is 0 Å². The molecule has 1 unspecified atom stereocenters. The van der Waals surface area contributed by atoms with Crippen LogP contribution in [-0.4, -0.2) is 67.2 Å². The lowest BCUT2D eigenvalue weighted by Gasteiger charge is -2.34. The lowest BCUT2D eigenvalue weighted by atomic mass is 10.0. The second kappa shape index (κ2) is 9.30. The summed E-state index contributed by atoms with van der Waals surface area (Å²) in [5.74, 6) is 2.65. The van der Waals surface area contributed by atoms with Crippen molar-refractivity contribution in [2.45, 2.75) is 31.8 Å². The zero-order valence-electron chi connectivity index (χ0n) is 17.7. The smallest absolute Gasteiger partial charge is 0.242 e. The van der Waals surface area contributed by atoms with Gasteiger partial charge in [-0.25, -0.2) is 9.97 Å². The molecule has 160 valence electrons. The molecule has 4 rings (SSSR count). The Morgan fingerprint density at radius 1 is 1.23 bits per heavy atom. The van der Waals surface area contributed by atoms with Gasteiger partial charge in [0, 0.05) is 26.2 Å². The van der Waals surface area contributed by atoms with Crippen LogP contribution in [0.15, 0.2) is 30.6 Å². The number of amides is 1. The Morgan fingerprint density at radius 2 is 2.07 bits per heavy atom. The van der Waals surface area contributed by atoms with E-state index in [4.69, 9.17) is 4.74 Å². The van der Waals surface area contributed by atoms with Crippen LogP contribution in [0.1, 0.15) is 24.0 Å². The third-order valence-corrected chi connectivity index (χ3v) is 5.88. The number of likely N-dealkylation sites (N-methyl/N-ethyl adjacent to an activating group) is 1. The van der Waals surface area contributed by atoms with Crippen molar-refractivity contribution in [2.24, 2.45) is 0 Å². The minimum atomic E-state index is 0.147. The molecule has 30 heavy (non-hydrogen) atoms. The summed E-state index contributed by atoms with van der Waals surface area (Å²) in [6, 6.07) is 8.32. The van der Waals surface area contributed by atoms with E-state index in [0.717, 1.165) is 61.8 Å². The van der Waals surface area contributed by atoms with Crippen LogP contribution in [0.4, 0.5) is 11.6 Å². The zero-order chi connectivity index (χ0) is 20.9. The van der Waals surface area contributed by atoms with Crippen molar-refractivity contribution in [3.63, 3.8) is 0 Å². The number of carbonyl (C=O) groups excluding carboxylic acids is 1. The summed E-state index contributed by atoms with van der Waals surface area (Å²) in [7, 11) is 3.60. The number of methoxy groups -OCH3 is 1. The first kappa shape index (κ1) is 20.4. The van der Waals surface area contributed by atoms with Crippen LogP contribution in [0.5, 0.6) is 5.75 Å². The number of carbonyl (C=O) groups is 1. The molecule has 3 heterocycles. The quantitative estimate of drug-likeness (QED) is 0.750. The van der Waals surface area contributed by atoms with Crippen LogP contribution in [-0.2, 0) is 17.8 Å². The first-order chi connectivity index (χ1) is 14.7. The Kier molecular flexibility index (Phi) is 6.32. The van der Waals surface area contributed by atoms with Gasteiger partial charge in [-0.3, -0.25) is 4.79 Å². The fraction of sp³-hybridized carbons (Fsp3) is 0.500. The van der Waals surface area contributed by atoms with Gasteiger partial charge < -0.3 is 25.2 Å². The van der Waals surface area contributed by atoms with E-state index in [1.54, 1.807) is 13.4 Å². The summed E-state index contributed by atoms with van der Waals surface area (Å²) >= 11 is 0. The third kappa shape index (κ3) is 4.48. The fourth-order valence-corrected chi connectivity index (χ4v) is 4.21. The Balaban J connectivity index is 1.49. The van der Waals surface area contributed by atoms with Crippen LogP contribution in [0.25, 0.3) is 0 Å². The number of nitrogens with zero attached hydrogens (tertiary/aromatic N) is 4. The molecule has 0 aliphatic carbocycles. The van der Waals surface area contributed by atoms with E-state index in [-0.39, 0.29) is 11.9 Å². The summed E-state index contributed by atoms with van der Waals surface area (Å²) in [5, 5.41) is 6.89. The minimum absolute atomic E-state index is 0.147. The molecule has 1 saturated heterocycles. The maximum absolute atomic E-state index is 12.9. The van der Waals surface area contributed by atoms with Crippen LogP contribution >= 0.6 is 0 Å². The number of piperidine rings is 1. The van der Waals surface area contributed by atoms with Crippen molar-refractivity contribution < 1.29 is 9.53 Å². The van der Waals surface area contributed by atoms with Crippen molar-refractivity contribution in [2.75, 3.05) is 50.6 Å². The van der Waals surface area contributed by atoms with E-state index in [1.807, 2.05) is 29.0 Å². The number of fused-ring (bicyclic) bond motifs is 1. The van der Waals surface area contributed by atoms with E-state index < -0.39 is 0 Å². The molecule has 0 saturated carbocycles. The van der Waals surface area contributed by atoms with E-state index in [0.29, 0.717) is 13.1 Å². The monoisotopic (exact) mass is 410 g/mol. The lowest BCUT2D eigenvalue weighted by Crippen LogP contribution is -2.49. The second-order valence-electron chi connectivity index (χ2n) is 7.93. The largest absolute Gasteiger partial charge is 0.497 e. The normalized spacial score (nSPS) is 19.3. The van der Waals surface area contributed by atoms with E-state index in [1.165, 1.54) is 5.56 Å². The van der Waals surface area contributed by atoms with Crippen LogP contribution in [0.3, 0.4) is 0 Å². The van der Waals surface area contributed by atoms with Gasteiger partial charge in [0.25, 0.3) is 0 Å². The molecule has 2 aliphatic rings. The highest BCUT2D eigenvalue weighted by Crippen LogP contribution is 2.29. The highest BCUT2D eigenvalue weighted by atomic mass is 16.5. The summed E-state index contributed by atoms with van der Waals surface area (Å²) in [5.41, 5.74) is 2.22. The van der Waals surface area contributed by atoms with Crippen LogP contribution < -0.4 is 20.3 Å². The number of anilines is 2. The predicted molar refractivity (Wildman–Crippen MR) is 117 cm³/mol. The molecule has 2 N–H and O–H groups in total. The van der Waals surface area contributed by atoms with Gasteiger partial charge in [-0.05, 0) is 43.5 Å². The zero-order valence-corrected chi connectivity index (χ0v) is 17.7. The van der Waals surface area contributed by atoms with Gasteiger partial charge in [0.2, 0.25) is 5.91 Å². The number of nitrogens with one attached hydrogen (secondary N) is 2. The number of aromatic nitrogens is 2. The van der Waals surface area contributed by atoms with Crippen molar-refractivity contribution >= 4 is 17.5 Å². The molecule has 1 fully saturated rings. The van der Waals surface area contributed by atoms with Gasteiger partial charge in [-0.1, -0.05) is 12.1 Å². The standard InChI is InChI=1S/C22H30N6O2/c1-27-14-20(29)28(17-4-3-10-23-12-17)13-19-21(25-15-26-22(19)27)24-11-9-16-5-7-18(30-2)8-6-16/h5-8,15,17,23H,3-4,9-14H2,1-2H3,(H,24,25,26). The summed E-state index contributed by atoms with van der Waals surface area (Å²) in [6.45, 7) is 3.50. The van der Waals surface area contributed by atoms with Gasteiger partial charge in [0.05, 0.1) is 25.8 Å². The molecular weight excluding hydrogens is 380 g/mol. The topological polar surface area (TPSA) is 82.6 Å². The molecular formula is C22H30N6O2. The molecule has 0 radical (unpaired) electrons. The third-order valence-electron chi connectivity index (χ3n) is 5.88. The number of hydrogen-bond donors (Lipinski definition) is 2. The summed E-state index contributed by atoms with van der Waals surface area (Å²) in [6.07, 6.45) is 4.57. The first-order valence-corrected chi connectivity index (χ1v) is 10.6. The highest BCUT2D eigenvalue weighted by Gasteiger charge is 2.32. The Bertz CT molecular complexity index is 866. The molecule has 8 heteroatoms. The predicted octanol–water partition coefficient (Wildman–Crippen LogP) is 1.67. The van der Waals surface area contributed by atoms with Crippen LogP contribution in [0.2, 0.25) is 0 Å². The van der Waals surface area contributed by atoms with Gasteiger partial charge in [-0.15, -0.1) is 0 Å². The fourth-order valence-electron chi connectivity index (χ4n) is 4.21. The maximum atomic E-state index is 12.9. The maximum Gasteiger partial charge on any atom is 0.242 e. The van der Waals surface area contributed by atoms with Gasteiger partial charge >= 0.3 is 0 Å². The van der Waals surface area contributed by atoms with Gasteiger partial charge in [0.1, 0.15) is 23.7 Å². The average Bonchev–Trinajstić information content (AvgIpc) is 2.91. The highest BCUT2D eigenvalue weighted by molar-refractivity contribution is 5.84. The Hall–Kier alpha value is -2.87. The number of rotatable bonds is 6. The van der Waals surface area contributed by atoms with E-state index in [9.17, 15) is 4.79 Å². The minimum Gasteiger partial charge on any atom is -0.497 e. The molecule has 1 aromatic carbocycles. The molecule has 0 spiro atoms. The van der Waals surface area contributed by atoms with Crippen molar-refractivity contribution in [1.29, 1.82) is 0 Å². The van der Waals surface area contributed by atoms with Crippen molar-refractivity contribution in [3.8, 4) is 5.75 Å². The number of benzene rings is 1. The number of ether oxygens (including phenoxy) is 1. The van der Waals surface area contributed by atoms with E-state index >= 15 is 0 Å². The molecule has 1 atom stereocenters. The Morgan fingerprint density at radius 3 is 2.80 bits per heavy atom. The molecule has 2 aromatic rings. The first-order valence-electron chi connectivity index (χ1n) is 10.6. The van der Waals surface area contributed by atoms with E-state index in [2.05, 4.69) is 32.7 Å².